The van der Waals surface area contributed by atoms with Crippen LogP contribution in [0.4, 0.5) is 0 Å². The molecule has 1 aromatic carbocycles. The predicted molar refractivity (Wildman–Crippen MR) is 98.5 cm³/mol. The molecule has 0 N–H and O–H groups in total. The fourth-order valence-electron chi connectivity index (χ4n) is 3.67. The van der Waals surface area contributed by atoms with Gasteiger partial charge in [0.15, 0.2) is 0 Å². The van der Waals surface area contributed by atoms with Crippen molar-refractivity contribution in [2.24, 2.45) is 0 Å². The molecule has 0 amide bonds. The molecule has 0 fully saturated rings. The van der Waals surface area contributed by atoms with Crippen molar-refractivity contribution in [2.45, 2.75) is 90.4 Å². The van der Waals surface area contributed by atoms with E-state index in [2.05, 4.69) is 44.2 Å². The summed E-state index contributed by atoms with van der Waals surface area (Å²) < 4.78 is 0. The number of aryl methyl sites for hydroxylation is 1. The quantitative estimate of drug-likeness (QED) is 0.330. The predicted octanol–water partition coefficient (Wildman–Crippen LogP) is 7.33. The van der Waals surface area contributed by atoms with Crippen molar-refractivity contribution in [3.8, 4) is 0 Å². The van der Waals surface area contributed by atoms with Crippen LogP contribution < -0.4 is 0 Å². The van der Waals surface area contributed by atoms with Crippen LogP contribution in [0.15, 0.2) is 35.9 Å². The van der Waals surface area contributed by atoms with Crippen molar-refractivity contribution in [1.29, 1.82) is 0 Å². The third-order valence-electron chi connectivity index (χ3n) is 5.10. The molecule has 0 heterocycles. The Morgan fingerprint density at radius 1 is 0.909 bits per heavy atom. The first-order chi connectivity index (χ1) is 10.8. The summed E-state index contributed by atoms with van der Waals surface area (Å²) in [7, 11) is 0. The fourth-order valence-corrected chi connectivity index (χ4v) is 3.67. The molecule has 1 aliphatic rings. The van der Waals surface area contributed by atoms with Crippen molar-refractivity contribution in [2.75, 3.05) is 0 Å². The van der Waals surface area contributed by atoms with Gasteiger partial charge in [-0.25, -0.2) is 0 Å². The van der Waals surface area contributed by atoms with Gasteiger partial charge < -0.3 is 0 Å². The van der Waals surface area contributed by atoms with E-state index in [-0.39, 0.29) is 0 Å². The van der Waals surface area contributed by atoms with E-state index in [1.807, 2.05) is 0 Å². The van der Waals surface area contributed by atoms with E-state index in [1.54, 1.807) is 11.1 Å². The zero-order chi connectivity index (χ0) is 15.6. The van der Waals surface area contributed by atoms with E-state index in [1.165, 1.54) is 76.2 Å². The fraction of sp³-hybridized carbons (Fsp3) is 0.636. The molecule has 1 aromatic rings. The summed E-state index contributed by atoms with van der Waals surface area (Å²) in [4.78, 5) is 0. The van der Waals surface area contributed by atoms with Crippen molar-refractivity contribution in [1.82, 2.24) is 0 Å². The Kier molecular flexibility index (Phi) is 7.77. The lowest BCUT2D eigenvalue weighted by atomic mass is 9.81. The topological polar surface area (TPSA) is 0 Å². The van der Waals surface area contributed by atoms with Gasteiger partial charge in [0.05, 0.1) is 0 Å². The third kappa shape index (κ3) is 5.63. The molecule has 0 aliphatic heterocycles. The number of allylic oxidation sites excluding steroid dienone is 2. The highest BCUT2D eigenvalue weighted by Gasteiger charge is 2.17. The molecule has 122 valence electrons. The van der Waals surface area contributed by atoms with E-state index >= 15 is 0 Å². The van der Waals surface area contributed by atoms with Gasteiger partial charge in [0, 0.05) is 5.92 Å². The third-order valence-corrected chi connectivity index (χ3v) is 5.10. The molecular weight excluding hydrogens is 264 g/mol. The van der Waals surface area contributed by atoms with E-state index in [0.29, 0.717) is 5.92 Å². The summed E-state index contributed by atoms with van der Waals surface area (Å²) in [6.07, 6.45) is 17.7. The molecule has 0 aromatic heterocycles. The van der Waals surface area contributed by atoms with Gasteiger partial charge in [0.1, 0.15) is 0 Å². The summed E-state index contributed by atoms with van der Waals surface area (Å²) in [6, 6.07) is 9.30. The van der Waals surface area contributed by atoms with Gasteiger partial charge in [-0.1, -0.05) is 86.9 Å². The molecule has 0 nitrogen and oxygen atoms in total. The molecule has 1 unspecified atom stereocenters. The number of hydrogen-bond acceptors (Lipinski definition) is 0. The lowest BCUT2D eigenvalue weighted by molar-refractivity contribution is 0.546. The molecule has 0 radical (unpaired) electrons. The molecule has 22 heavy (non-hydrogen) atoms. The summed E-state index contributed by atoms with van der Waals surface area (Å²) in [5, 5.41) is 0. The monoisotopic (exact) mass is 298 g/mol. The number of unbranched alkanes of at least 4 members (excludes halogenated alkanes) is 5. The second kappa shape index (κ2) is 9.87. The lowest BCUT2D eigenvalue weighted by Gasteiger charge is -2.24. The SMILES string of the molecule is CCCCCCCCC(C1=CCCCC1)c1ccc(C)cc1. The Balaban J connectivity index is 1.93. The largest absolute Gasteiger partial charge is 0.0847 e. The second-order valence-corrected chi connectivity index (χ2v) is 7.04. The maximum absolute atomic E-state index is 2.55. The maximum Gasteiger partial charge on any atom is 0.00481 e. The average molecular weight is 299 g/mol. The van der Waals surface area contributed by atoms with Gasteiger partial charge in [0.25, 0.3) is 0 Å². The Morgan fingerprint density at radius 2 is 1.64 bits per heavy atom. The Labute approximate surface area is 138 Å². The van der Waals surface area contributed by atoms with Gasteiger partial charge in [0.2, 0.25) is 0 Å². The lowest BCUT2D eigenvalue weighted by Crippen LogP contribution is -2.06. The van der Waals surface area contributed by atoms with Crippen LogP contribution in [0.3, 0.4) is 0 Å². The summed E-state index contributed by atoms with van der Waals surface area (Å²) >= 11 is 0. The van der Waals surface area contributed by atoms with E-state index in [9.17, 15) is 0 Å². The van der Waals surface area contributed by atoms with Gasteiger partial charge >= 0.3 is 0 Å². The standard InChI is InChI=1S/C22H34/c1-3-4-5-6-7-11-14-22(20-12-9-8-10-13-20)21-17-15-19(2)16-18-21/h12,15-18,22H,3-11,13-14H2,1-2H3. The zero-order valence-corrected chi connectivity index (χ0v) is 14.7. The summed E-state index contributed by atoms with van der Waals surface area (Å²) in [6.45, 7) is 4.48. The van der Waals surface area contributed by atoms with Crippen LogP contribution in [0.1, 0.15) is 94.6 Å². The molecule has 0 saturated carbocycles. The smallest absolute Gasteiger partial charge is 0.00481 e. The minimum atomic E-state index is 0.687. The van der Waals surface area contributed by atoms with Crippen LogP contribution in [0.5, 0.6) is 0 Å². The Morgan fingerprint density at radius 3 is 2.32 bits per heavy atom. The molecule has 2 rings (SSSR count). The normalized spacial score (nSPS) is 16.4. The van der Waals surface area contributed by atoms with E-state index in [0.717, 1.165) is 0 Å². The van der Waals surface area contributed by atoms with Gasteiger partial charge in [-0.3, -0.25) is 0 Å². The first-order valence-corrected chi connectivity index (χ1v) is 9.56. The van der Waals surface area contributed by atoms with Crippen molar-refractivity contribution in [3.05, 3.63) is 47.0 Å². The minimum absolute atomic E-state index is 0.687. The number of benzene rings is 1. The molecule has 0 bridgehead atoms. The second-order valence-electron chi connectivity index (χ2n) is 7.04. The molecular formula is C22H34. The highest BCUT2D eigenvalue weighted by molar-refractivity contribution is 5.31. The van der Waals surface area contributed by atoms with Crippen LogP contribution in [-0.4, -0.2) is 0 Å². The minimum Gasteiger partial charge on any atom is -0.0847 e. The molecule has 0 heteroatoms. The first-order valence-electron chi connectivity index (χ1n) is 9.56. The Bertz CT molecular complexity index is 438. The molecule has 1 aliphatic carbocycles. The number of hydrogen-bond donors (Lipinski definition) is 0. The summed E-state index contributed by atoms with van der Waals surface area (Å²) in [5.41, 5.74) is 4.65. The van der Waals surface area contributed by atoms with Gasteiger partial charge in [-0.05, 0) is 44.6 Å². The van der Waals surface area contributed by atoms with Crippen LogP contribution in [0.2, 0.25) is 0 Å². The highest BCUT2D eigenvalue weighted by atomic mass is 14.2. The molecule has 1 atom stereocenters. The average Bonchev–Trinajstić information content (AvgIpc) is 2.56. The van der Waals surface area contributed by atoms with Crippen LogP contribution >= 0.6 is 0 Å². The molecule has 0 spiro atoms. The molecule has 0 saturated heterocycles. The van der Waals surface area contributed by atoms with Gasteiger partial charge in [-0.15, -0.1) is 0 Å². The maximum atomic E-state index is 2.55. The zero-order valence-electron chi connectivity index (χ0n) is 14.7. The number of rotatable bonds is 9. The van der Waals surface area contributed by atoms with Gasteiger partial charge in [-0.2, -0.15) is 0 Å². The first kappa shape index (κ1) is 17.3. The van der Waals surface area contributed by atoms with Crippen LogP contribution in [0, 0.1) is 6.92 Å². The van der Waals surface area contributed by atoms with Crippen molar-refractivity contribution < 1.29 is 0 Å². The van der Waals surface area contributed by atoms with Crippen LogP contribution in [0.25, 0.3) is 0 Å². The summed E-state index contributed by atoms with van der Waals surface area (Å²) in [5.74, 6) is 0.687. The van der Waals surface area contributed by atoms with E-state index in [4.69, 9.17) is 0 Å². The highest BCUT2D eigenvalue weighted by Crippen LogP contribution is 2.35. The van der Waals surface area contributed by atoms with Crippen molar-refractivity contribution in [3.63, 3.8) is 0 Å². The van der Waals surface area contributed by atoms with Crippen molar-refractivity contribution >= 4 is 0 Å². The Hall–Kier alpha value is -1.04. The van der Waals surface area contributed by atoms with E-state index < -0.39 is 0 Å². The van der Waals surface area contributed by atoms with Crippen LogP contribution in [-0.2, 0) is 0 Å².